The van der Waals surface area contributed by atoms with Crippen molar-refractivity contribution < 1.29 is 19.5 Å². The zero-order valence-corrected chi connectivity index (χ0v) is 17.7. The number of amides is 3. The van der Waals surface area contributed by atoms with Crippen LogP contribution >= 0.6 is 0 Å². The van der Waals surface area contributed by atoms with E-state index >= 15 is 0 Å². The molecule has 0 fully saturated rings. The normalized spacial score (nSPS) is 12.8. The number of hydrogen-bond acceptors (Lipinski definition) is 4. The predicted molar refractivity (Wildman–Crippen MR) is 119 cm³/mol. The molecule has 3 aromatic rings. The van der Waals surface area contributed by atoms with E-state index in [1.165, 1.54) is 29.2 Å². The summed E-state index contributed by atoms with van der Waals surface area (Å²) in [4.78, 5) is 40.1. The van der Waals surface area contributed by atoms with Crippen LogP contribution < -0.4 is 10.2 Å². The predicted octanol–water partition coefficient (Wildman–Crippen LogP) is 4.68. The lowest BCUT2D eigenvalue weighted by atomic mass is 10.0. The number of benzene rings is 3. The summed E-state index contributed by atoms with van der Waals surface area (Å²) in [6.45, 7) is 7.54. The average Bonchev–Trinajstić information content (AvgIpc) is 2.95. The Morgan fingerprint density at radius 1 is 0.806 bits per heavy atom. The Hall–Kier alpha value is -3.93. The molecule has 2 N–H and O–H groups in total. The summed E-state index contributed by atoms with van der Waals surface area (Å²) in [6, 6.07) is 13.2. The molecule has 0 saturated heterocycles. The topological polar surface area (TPSA) is 86.7 Å². The minimum Gasteiger partial charge on any atom is -0.506 e. The number of anilines is 2. The Morgan fingerprint density at radius 2 is 1.45 bits per heavy atom. The number of carbonyl (C=O) groups is 3. The number of aromatic hydroxyl groups is 1. The van der Waals surface area contributed by atoms with E-state index in [1.807, 2.05) is 39.8 Å². The van der Waals surface area contributed by atoms with Crippen LogP contribution in [0.2, 0.25) is 0 Å². The Balaban J connectivity index is 1.69. The third kappa shape index (κ3) is 3.46. The second-order valence-electron chi connectivity index (χ2n) is 7.93. The molecule has 0 aromatic heterocycles. The van der Waals surface area contributed by atoms with Crippen LogP contribution in [0, 0.1) is 27.7 Å². The average molecular weight is 414 g/mol. The number of fused-ring (bicyclic) bond motifs is 1. The molecular weight excluding hydrogens is 392 g/mol. The van der Waals surface area contributed by atoms with E-state index < -0.39 is 17.7 Å². The lowest BCUT2D eigenvalue weighted by Gasteiger charge is -2.20. The fourth-order valence-corrected chi connectivity index (χ4v) is 4.05. The number of hydrogen-bond donors (Lipinski definition) is 2. The smallest absolute Gasteiger partial charge is 0.266 e. The van der Waals surface area contributed by atoms with Gasteiger partial charge in [-0.15, -0.1) is 0 Å². The van der Waals surface area contributed by atoms with Crippen molar-refractivity contribution in [3.8, 4) is 5.75 Å². The second kappa shape index (κ2) is 7.40. The van der Waals surface area contributed by atoms with Gasteiger partial charge in [-0.1, -0.05) is 23.8 Å². The quantitative estimate of drug-likeness (QED) is 0.481. The zero-order valence-electron chi connectivity index (χ0n) is 17.7. The lowest BCUT2D eigenvalue weighted by Crippen LogP contribution is -2.30. The first-order valence-electron chi connectivity index (χ1n) is 9.89. The number of imide groups is 1. The SMILES string of the molecule is Cc1cc(C)c(N2C(=O)c3ccc(C(=O)Nc4cc(C)ccc4O)cc3C2=O)c(C)c1. The van der Waals surface area contributed by atoms with E-state index in [0.717, 1.165) is 22.3 Å². The van der Waals surface area contributed by atoms with Gasteiger partial charge in [0.25, 0.3) is 17.7 Å². The Bertz CT molecular complexity index is 1250. The summed E-state index contributed by atoms with van der Waals surface area (Å²) >= 11 is 0. The maximum absolute atomic E-state index is 13.2. The van der Waals surface area contributed by atoms with Crippen LogP contribution in [0.5, 0.6) is 5.75 Å². The monoisotopic (exact) mass is 414 g/mol. The van der Waals surface area contributed by atoms with E-state index in [0.29, 0.717) is 5.69 Å². The van der Waals surface area contributed by atoms with Crippen molar-refractivity contribution in [3.63, 3.8) is 0 Å². The van der Waals surface area contributed by atoms with Crippen LogP contribution in [0.3, 0.4) is 0 Å². The Morgan fingerprint density at radius 3 is 2.13 bits per heavy atom. The maximum Gasteiger partial charge on any atom is 0.266 e. The van der Waals surface area contributed by atoms with Gasteiger partial charge in [-0.05, 0) is 74.7 Å². The molecule has 156 valence electrons. The highest BCUT2D eigenvalue weighted by Crippen LogP contribution is 2.34. The molecule has 1 heterocycles. The third-order valence-electron chi connectivity index (χ3n) is 5.41. The van der Waals surface area contributed by atoms with Crippen LogP contribution in [-0.4, -0.2) is 22.8 Å². The van der Waals surface area contributed by atoms with Crippen molar-refractivity contribution in [2.75, 3.05) is 10.2 Å². The number of nitrogens with zero attached hydrogens (tertiary/aromatic N) is 1. The molecule has 3 amide bonds. The summed E-state index contributed by atoms with van der Waals surface area (Å²) in [5.41, 5.74) is 5.12. The second-order valence-corrected chi connectivity index (χ2v) is 7.93. The molecule has 4 rings (SSSR count). The number of phenols is 1. The van der Waals surface area contributed by atoms with Gasteiger partial charge in [0, 0.05) is 5.56 Å². The van der Waals surface area contributed by atoms with Crippen molar-refractivity contribution in [3.05, 3.63) is 87.5 Å². The van der Waals surface area contributed by atoms with Gasteiger partial charge in [-0.25, -0.2) is 4.90 Å². The maximum atomic E-state index is 13.2. The highest BCUT2D eigenvalue weighted by Gasteiger charge is 2.38. The van der Waals surface area contributed by atoms with Crippen LogP contribution in [-0.2, 0) is 0 Å². The molecule has 6 heteroatoms. The van der Waals surface area contributed by atoms with Gasteiger partial charge in [-0.2, -0.15) is 0 Å². The summed E-state index contributed by atoms with van der Waals surface area (Å²) in [7, 11) is 0. The first-order valence-corrected chi connectivity index (χ1v) is 9.89. The van der Waals surface area contributed by atoms with E-state index in [2.05, 4.69) is 5.32 Å². The molecule has 0 aliphatic carbocycles. The van der Waals surface area contributed by atoms with Crippen LogP contribution in [0.15, 0.2) is 48.5 Å². The number of phenolic OH excluding ortho intramolecular Hbond substituents is 1. The first-order chi connectivity index (χ1) is 14.7. The fourth-order valence-electron chi connectivity index (χ4n) is 4.05. The van der Waals surface area contributed by atoms with Gasteiger partial charge < -0.3 is 10.4 Å². The Labute approximate surface area is 180 Å². The van der Waals surface area contributed by atoms with E-state index in [-0.39, 0.29) is 28.1 Å². The summed E-state index contributed by atoms with van der Waals surface area (Å²) in [6.07, 6.45) is 0. The van der Waals surface area contributed by atoms with Crippen LogP contribution in [0.25, 0.3) is 0 Å². The third-order valence-corrected chi connectivity index (χ3v) is 5.41. The fraction of sp³-hybridized carbons (Fsp3) is 0.160. The van der Waals surface area contributed by atoms with Crippen molar-refractivity contribution in [1.29, 1.82) is 0 Å². The summed E-state index contributed by atoms with van der Waals surface area (Å²) in [5.74, 6) is -1.39. The van der Waals surface area contributed by atoms with E-state index in [4.69, 9.17) is 0 Å². The number of rotatable bonds is 3. The van der Waals surface area contributed by atoms with Gasteiger partial charge in [0.1, 0.15) is 5.75 Å². The molecule has 31 heavy (non-hydrogen) atoms. The summed E-state index contributed by atoms with van der Waals surface area (Å²) < 4.78 is 0. The first kappa shape index (κ1) is 20.3. The Kier molecular flexibility index (Phi) is 4.85. The van der Waals surface area contributed by atoms with Crippen molar-refractivity contribution in [2.45, 2.75) is 27.7 Å². The molecule has 0 radical (unpaired) electrons. The van der Waals surface area contributed by atoms with Gasteiger partial charge in [0.05, 0.1) is 22.5 Å². The van der Waals surface area contributed by atoms with Crippen molar-refractivity contribution in [2.24, 2.45) is 0 Å². The molecule has 0 bridgehead atoms. The van der Waals surface area contributed by atoms with Gasteiger partial charge in [0.15, 0.2) is 0 Å². The molecule has 0 atom stereocenters. The molecule has 1 aliphatic heterocycles. The van der Waals surface area contributed by atoms with Crippen molar-refractivity contribution in [1.82, 2.24) is 0 Å². The standard InChI is InChI=1S/C25H22N2O4/c1-13-5-8-21(28)20(11-13)26-23(29)17-6-7-18-19(12-17)25(31)27(24(18)30)22-15(3)9-14(2)10-16(22)4/h5-12,28H,1-4H3,(H,26,29). The molecule has 3 aromatic carbocycles. The largest absolute Gasteiger partial charge is 0.506 e. The van der Waals surface area contributed by atoms with Gasteiger partial charge in [-0.3, -0.25) is 14.4 Å². The van der Waals surface area contributed by atoms with Gasteiger partial charge in [0.2, 0.25) is 0 Å². The molecule has 0 unspecified atom stereocenters. The number of nitrogens with one attached hydrogen (secondary N) is 1. The number of aryl methyl sites for hydroxylation is 4. The highest BCUT2D eigenvalue weighted by molar-refractivity contribution is 6.35. The molecule has 6 nitrogen and oxygen atoms in total. The summed E-state index contributed by atoms with van der Waals surface area (Å²) in [5, 5.41) is 12.6. The number of carbonyl (C=O) groups excluding carboxylic acids is 3. The lowest BCUT2D eigenvalue weighted by molar-refractivity contribution is 0.0925. The van der Waals surface area contributed by atoms with E-state index in [9.17, 15) is 19.5 Å². The molecule has 0 spiro atoms. The molecular formula is C25H22N2O4. The highest BCUT2D eigenvalue weighted by atomic mass is 16.3. The van der Waals surface area contributed by atoms with Gasteiger partial charge >= 0.3 is 0 Å². The van der Waals surface area contributed by atoms with E-state index in [1.54, 1.807) is 12.1 Å². The minimum atomic E-state index is -0.481. The zero-order chi connectivity index (χ0) is 22.4. The van der Waals surface area contributed by atoms with Crippen LogP contribution in [0.4, 0.5) is 11.4 Å². The molecule has 0 saturated carbocycles. The molecule has 1 aliphatic rings. The van der Waals surface area contributed by atoms with Crippen LogP contribution in [0.1, 0.15) is 53.3 Å². The van der Waals surface area contributed by atoms with Crippen molar-refractivity contribution >= 4 is 29.1 Å². The minimum absolute atomic E-state index is 0.0529.